The first kappa shape index (κ1) is 17.9. The maximum atomic E-state index is 13.0. The van der Waals surface area contributed by atoms with Crippen LogP contribution in [0.5, 0.6) is 0 Å². The highest BCUT2D eigenvalue weighted by atomic mass is 19.1. The predicted octanol–water partition coefficient (Wildman–Crippen LogP) is 4.42. The van der Waals surface area contributed by atoms with Gasteiger partial charge in [0.1, 0.15) is 5.82 Å². The van der Waals surface area contributed by atoms with Gasteiger partial charge in [-0.25, -0.2) is 14.4 Å². The average molecular weight is 378 g/mol. The van der Waals surface area contributed by atoms with Crippen molar-refractivity contribution in [2.24, 2.45) is 0 Å². The second kappa shape index (κ2) is 7.64. The van der Waals surface area contributed by atoms with E-state index in [0.29, 0.717) is 30.6 Å². The Balaban J connectivity index is 1.41. The highest BCUT2D eigenvalue weighted by Crippen LogP contribution is 2.22. The molecule has 0 aliphatic carbocycles. The van der Waals surface area contributed by atoms with Gasteiger partial charge in [-0.2, -0.15) is 0 Å². The van der Waals surface area contributed by atoms with E-state index in [1.807, 2.05) is 35.8 Å². The number of benzene rings is 2. The number of para-hydroxylation sites is 2. The van der Waals surface area contributed by atoms with Gasteiger partial charge in [-0.05, 0) is 43.3 Å². The Morgan fingerprint density at radius 2 is 1.96 bits per heavy atom. The molecule has 0 aliphatic heterocycles. The number of oxazole rings is 1. The molecule has 6 nitrogen and oxygen atoms in total. The third kappa shape index (κ3) is 3.64. The number of anilines is 1. The molecule has 0 atom stereocenters. The molecule has 7 heteroatoms. The van der Waals surface area contributed by atoms with Crippen LogP contribution in [0.4, 0.5) is 10.3 Å². The average Bonchev–Trinajstić information content (AvgIpc) is 3.31. The Bertz CT molecular complexity index is 1120. The number of imidazole rings is 1. The summed E-state index contributed by atoms with van der Waals surface area (Å²) in [5, 5.41) is 2.87. The first-order chi connectivity index (χ1) is 13.6. The zero-order valence-electron chi connectivity index (χ0n) is 15.4. The molecular weight excluding hydrogens is 359 g/mol. The number of carbonyl (C=O) groups is 1. The van der Waals surface area contributed by atoms with Gasteiger partial charge in [0, 0.05) is 24.9 Å². The minimum absolute atomic E-state index is 0.161. The van der Waals surface area contributed by atoms with Crippen molar-refractivity contribution in [1.82, 2.24) is 14.5 Å². The summed E-state index contributed by atoms with van der Waals surface area (Å²) in [4.78, 5) is 21.1. The molecule has 0 fully saturated rings. The lowest BCUT2D eigenvalue weighted by molar-refractivity contribution is -0.116. The first-order valence-corrected chi connectivity index (χ1v) is 9.10. The van der Waals surface area contributed by atoms with Crippen molar-refractivity contribution in [3.63, 3.8) is 0 Å². The van der Waals surface area contributed by atoms with Gasteiger partial charge in [0.15, 0.2) is 11.7 Å². The summed E-state index contributed by atoms with van der Waals surface area (Å²) in [6.45, 7) is 2.71. The van der Waals surface area contributed by atoms with Crippen LogP contribution in [0.1, 0.15) is 19.2 Å². The van der Waals surface area contributed by atoms with Gasteiger partial charge in [0.2, 0.25) is 11.9 Å². The van der Waals surface area contributed by atoms with Gasteiger partial charge in [0.25, 0.3) is 0 Å². The standard InChI is InChI=1S/C21H19FN4O2/c1-2-26-17-6-4-3-5-16(17)24-21(26)25-19(27)11-12-20-23-13-18(28-20)14-7-9-15(22)10-8-14/h3-10,13H,2,11-12H2,1H3,(H,24,25,27). The van der Waals surface area contributed by atoms with Crippen molar-refractivity contribution in [1.29, 1.82) is 0 Å². The summed E-state index contributed by atoms with van der Waals surface area (Å²) in [5.74, 6) is 1.07. The van der Waals surface area contributed by atoms with Crippen molar-refractivity contribution in [3.05, 3.63) is 66.4 Å². The Hall–Kier alpha value is -3.48. The van der Waals surface area contributed by atoms with E-state index in [1.165, 1.54) is 12.1 Å². The summed E-state index contributed by atoms with van der Waals surface area (Å²) in [7, 11) is 0. The maximum absolute atomic E-state index is 13.0. The number of nitrogens with zero attached hydrogens (tertiary/aromatic N) is 3. The second-order valence-corrected chi connectivity index (χ2v) is 6.34. The molecule has 1 N–H and O–H groups in total. The molecule has 2 aromatic heterocycles. The fourth-order valence-corrected chi connectivity index (χ4v) is 3.07. The van der Waals surface area contributed by atoms with Crippen LogP contribution in [0, 0.1) is 5.82 Å². The smallest absolute Gasteiger partial charge is 0.227 e. The molecule has 0 saturated carbocycles. The number of aryl methyl sites for hydroxylation is 2. The number of nitrogens with one attached hydrogen (secondary N) is 1. The van der Waals surface area contributed by atoms with Crippen LogP contribution in [0.3, 0.4) is 0 Å². The summed E-state index contributed by atoms with van der Waals surface area (Å²) >= 11 is 0. The molecule has 4 aromatic rings. The van der Waals surface area contributed by atoms with Crippen LogP contribution < -0.4 is 5.32 Å². The summed E-state index contributed by atoms with van der Waals surface area (Å²) in [6, 6.07) is 13.7. The van der Waals surface area contributed by atoms with E-state index in [2.05, 4.69) is 15.3 Å². The van der Waals surface area contributed by atoms with E-state index in [-0.39, 0.29) is 18.1 Å². The van der Waals surface area contributed by atoms with Crippen molar-refractivity contribution < 1.29 is 13.6 Å². The van der Waals surface area contributed by atoms with Gasteiger partial charge in [0.05, 0.1) is 17.2 Å². The number of hydrogen-bond donors (Lipinski definition) is 1. The quantitative estimate of drug-likeness (QED) is 0.539. The van der Waals surface area contributed by atoms with Crippen molar-refractivity contribution in [2.45, 2.75) is 26.3 Å². The fraction of sp³-hybridized carbons (Fsp3) is 0.190. The summed E-state index contributed by atoms with van der Waals surface area (Å²) in [5.41, 5.74) is 2.56. The molecule has 0 spiro atoms. The number of amides is 1. The van der Waals surface area contributed by atoms with Gasteiger partial charge in [-0.1, -0.05) is 12.1 Å². The molecule has 0 aliphatic rings. The van der Waals surface area contributed by atoms with Crippen LogP contribution in [0.25, 0.3) is 22.4 Å². The zero-order valence-corrected chi connectivity index (χ0v) is 15.4. The largest absolute Gasteiger partial charge is 0.441 e. The molecule has 28 heavy (non-hydrogen) atoms. The third-order valence-corrected chi connectivity index (χ3v) is 4.47. The zero-order chi connectivity index (χ0) is 19.5. The number of halogens is 1. The fourth-order valence-electron chi connectivity index (χ4n) is 3.07. The molecule has 142 valence electrons. The van der Waals surface area contributed by atoms with Crippen molar-refractivity contribution in [3.8, 4) is 11.3 Å². The Morgan fingerprint density at radius 1 is 1.18 bits per heavy atom. The van der Waals surface area contributed by atoms with E-state index < -0.39 is 0 Å². The van der Waals surface area contributed by atoms with Crippen LogP contribution in [0.15, 0.2) is 59.1 Å². The predicted molar refractivity (Wildman–Crippen MR) is 104 cm³/mol. The Labute approximate surface area is 161 Å². The first-order valence-electron chi connectivity index (χ1n) is 9.10. The molecule has 4 rings (SSSR count). The van der Waals surface area contributed by atoms with Crippen LogP contribution >= 0.6 is 0 Å². The van der Waals surface area contributed by atoms with Crippen molar-refractivity contribution >= 4 is 22.9 Å². The SMILES string of the molecule is CCn1c(NC(=O)CCc2ncc(-c3ccc(F)cc3)o2)nc2ccccc21. The lowest BCUT2D eigenvalue weighted by Gasteiger charge is -2.07. The number of fused-ring (bicyclic) bond motifs is 1. The Morgan fingerprint density at radius 3 is 2.75 bits per heavy atom. The number of aromatic nitrogens is 3. The van der Waals surface area contributed by atoms with Crippen LogP contribution in [-0.2, 0) is 17.8 Å². The lowest BCUT2D eigenvalue weighted by Crippen LogP contribution is -2.16. The van der Waals surface area contributed by atoms with Gasteiger partial charge in [-0.3, -0.25) is 10.1 Å². The molecule has 0 unspecified atom stereocenters. The minimum atomic E-state index is -0.307. The molecule has 2 aromatic carbocycles. The van der Waals surface area contributed by atoms with Crippen LogP contribution in [0.2, 0.25) is 0 Å². The highest BCUT2D eigenvalue weighted by molar-refractivity contribution is 5.91. The van der Waals surface area contributed by atoms with E-state index in [9.17, 15) is 9.18 Å². The second-order valence-electron chi connectivity index (χ2n) is 6.34. The number of carbonyl (C=O) groups excluding carboxylic acids is 1. The van der Waals surface area contributed by atoms with E-state index in [4.69, 9.17) is 4.42 Å². The summed E-state index contributed by atoms with van der Waals surface area (Å²) in [6.07, 6.45) is 2.16. The Kier molecular flexibility index (Phi) is 4.89. The lowest BCUT2D eigenvalue weighted by atomic mass is 10.2. The molecule has 1 amide bonds. The maximum Gasteiger partial charge on any atom is 0.227 e. The number of rotatable bonds is 6. The van der Waals surface area contributed by atoms with E-state index >= 15 is 0 Å². The van der Waals surface area contributed by atoms with Gasteiger partial charge in [-0.15, -0.1) is 0 Å². The summed E-state index contributed by atoms with van der Waals surface area (Å²) < 4.78 is 20.7. The highest BCUT2D eigenvalue weighted by Gasteiger charge is 2.13. The molecular formula is C21H19FN4O2. The normalized spacial score (nSPS) is 11.1. The van der Waals surface area contributed by atoms with E-state index in [1.54, 1.807) is 18.3 Å². The molecule has 0 bridgehead atoms. The topological polar surface area (TPSA) is 73.0 Å². The monoisotopic (exact) mass is 378 g/mol. The third-order valence-electron chi connectivity index (χ3n) is 4.47. The van der Waals surface area contributed by atoms with Gasteiger partial charge < -0.3 is 8.98 Å². The molecule has 0 saturated heterocycles. The molecule has 2 heterocycles. The molecule has 0 radical (unpaired) electrons. The number of hydrogen-bond acceptors (Lipinski definition) is 4. The van der Waals surface area contributed by atoms with Gasteiger partial charge >= 0.3 is 0 Å². The van der Waals surface area contributed by atoms with Crippen LogP contribution in [-0.4, -0.2) is 20.4 Å². The minimum Gasteiger partial charge on any atom is -0.441 e. The van der Waals surface area contributed by atoms with Crippen molar-refractivity contribution in [2.75, 3.05) is 5.32 Å². The van der Waals surface area contributed by atoms with E-state index in [0.717, 1.165) is 16.6 Å².